The first-order valence-corrected chi connectivity index (χ1v) is 9.64. The summed E-state index contributed by atoms with van der Waals surface area (Å²) in [5.41, 5.74) is 7.90. The van der Waals surface area contributed by atoms with Crippen LogP contribution in [0.25, 0.3) is 0 Å². The van der Waals surface area contributed by atoms with E-state index in [1.807, 2.05) is 48.5 Å². The predicted molar refractivity (Wildman–Crippen MR) is 109 cm³/mol. The largest absolute Gasteiger partial charge is 0.368 e. The van der Waals surface area contributed by atoms with Gasteiger partial charge in [0.1, 0.15) is 11.8 Å². The summed E-state index contributed by atoms with van der Waals surface area (Å²) < 4.78 is 0. The maximum absolute atomic E-state index is 12.8. The van der Waals surface area contributed by atoms with E-state index in [2.05, 4.69) is 22.6 Å². The summed E-state index contributed by atoms with van der Waals surface area (Å²) in [7, 11) is 0. The fourth-order valence-corrected chi connectivity index (χ4v) is 4.00. The van der Waals surface area contributed by atoms with Crippen LogP contribution in [0.2, 0.25) is 0 Å². The van der Waals surface area contributed by atoms with Gasteiger partial charge >= 0.3 is 0 Å². The Morgan fingerprint density at radius 2 is 1.71 bits per heavy atom. The summed E-state index contributed by atoms with van der Waals surface area (Å²) in [6, 6.07) is 19.0. The minimum atomic E-state index is -0.644. The highest BCUT2D eigenvalue weighted by Gasteiger charge is 2.40. The highest BCUT2D eigenvalue weighted by Crippen LogP contribution is 2.43. The molecule has 1 aliphatic heterocycles. The third-order valence-corrected chi connectivity index (χ3v) is 5.81. The number of nitrogens with one attached hydrogen (secondary N) is 1. The van der Waals surface area contributed by atoms with Gasteiger partial charge in [-0.25, -0.2) is 0 Å². The topological polar surface area (TPSA) is 87.8 Å². The second-order valence-electron chi connectivity index (χ2n) is 7.53. The fourth-order valence-electron chi connectivity index (χ4n) is 4.00. The summed E-state index contributed by atoms with van der Waals surface area (Å²) >= 11 is 0. The Labute approximate surface area is 164 Å². The third kappa shape index (κ3) is 3.38. The number of para-hydroxylation sites is 1. The first kappa shape index (κ1) is 18.2. The standard InChI is InChI=1S/C22H24N4O2/c23-20(27)19-14-18(25-26(19)17-10-5-2-6-11-17)21(28)24-15-22(12-7-13-22)16-8-3-1-4-9-16/h1-6,8-11,19H,7,12-15H2,(H2,23,27)(H,24,28)/t19-/m1/s1. The molecular formula is C22H24N4O2. The number of benzene rings is 2. The Bertz CT molecular complexity index is 891. The van der Waals surface area contributed by atoms with Crippen LogP contribution in [0, 0.1) is 0 Å². The van der Waals surface area contributed by atoms with Crippen molar-refractivity contribution in [3.05, 3.63) is 66.2 Å². The summed E-state index contributed by atoms with van der Waals surface area (Å²) in [6.07, 6.45) is 3.50. The van der Waals surface area contributed by atoms with Crippen molar-refractivity contribution in [2.45, 2.75) is 37.1 Å². The molecule has 6 heteroatoms. The van der Waals surface area contributed by atoms with Crippen LogP contribution < -0.4 is 16.1 Å². The number of hydrogen-bond donors (Lipinski definition) is 2. The monoisotopic (exact) mass is 376 g/mol. The van der Waals surface area contributed by atoms with Crippen molar-refractivity contribution in [1.82, 2.24) is 5.32 Å². The molecule has 1 fully saturated rings. The third-order valence-electron chi connectivity index (χ3n) is 5.81. The van der Waals surface area contributed by atoms with Gasteiger partial charge in [-0.2, -0.15) is 5.10 Å². The van der Waals surface area contributed by atoms with E-state index in [0.717, 1.165) is 24.9 Å². The summed E-state index contributed by atoms with van der Waals surface area (Å²) in [5.74, 6) is -0.720. The smallest absolute Gasteiger partial charge is 0.267 e. The predicted octanol–water partition coefficient (Wildman–Crippen LogP) is 2.34. The second-order valence-corrected chi connectivity index (χ2v) is 7.53. The van der Waals surface area contributed by atoms with Gasteiger partial charge in [0.15, 0.2) is 0 Å². The zero-order valence-electron chi connectivity index (χ0n) is 15.7. The summed E-state index contributed by atoms with van der Waals surface area (Å²) in [5, 5.41) is 9.01. The lowest BCUT2D eigenvalue weighted by Gasteiger charge is -2.42. The molecule has 2 amide bonds. The van der Waals surface area contributed by atoms with Crippen LogP contribution in [0.5, 0.6) is 0 Å². The molecule has 2 aromatic rings. The Hall–Kier alpha value is -3.15. The average molecular weight is 376 g/mol. The molecule has 0 radical (unpaired) electrons. The van der Waals surface area contributed by atoms with Crippen molar-refractivity contribution >= 4 is 23.2 Å². The van der Waals surface area contributed by atoms with Gasteiger partial charge in [0.05, 0.1) is 5.69 Å². The molecule has 0 saturated heterocycles. The molecule has 28 heavy (non-hydrogen) atoms. The minimum absolute atomic E-state index is 0.00170. The lowest BCUT2D eigenvalue weighted by atomic mass is 9.64. The molecule has 1 heterocycles. The van der Waals surface area contributed by atoms with Gasteiger partial charge in [0, 0.05) is 18.4 Å². The lowest BCUT2D eigenvalue weighted by molar-refractivity contribution is -0.119. The normalized spacial score (nSPS) is 20.2. The number of anilines is 1. The first-order valence-electron chi connectivity index (χ1n) is 9.64. The van der Waals surface area contributed by atoms with Crippen LogP contribution >= 0.6 is 0 Å². The molecule has 4 rings (SSSR count). The maximum Gasteiger partial charge on any atom is 0.267 e. The van der Waals surface area contributed by atoms with Crippen LogP contribution in [0.15, 0.2) is 65.8 Å². The molecule has 0 bridgehead atoms. The van der Waals surface area contributed by atoms with Crippen LogP contribution in [-0.4, -0.2) is 30.1 Å². The Kier molecular flexibility index (Phi) is 4.86. The highest BCUT2D eigenvalue weighted by atomic mass is 16.2. The van der Waals surface area contributed by atoms with Gasteiger partial charge in [0.2, 0.25) is 5.91 Å². The quantitative estimate of drug-likeness (QED) is 0.811. The molecule has 1 atom stereocenters. The van der Waals surface area contributed by atoms with Crippen molar-refractivity contribution in [3.63, 3.8) is 0 Å². The zero-order valence-corrected chi connectivity index (χ0v) is 15.7. The van der Waals surface area contributed by atoms with Crippen molar-refractivity contribution in [2.24, 2.45) is 10.8 Å². The van der Waals surface area contributed by atoms with Gasteiger partial charge in [-0.15, -0.1) is 0 Å². The minimum Gasteiger partial charge on any atom is -0.368 e. The Balaban J connectivity index is 1.48. The number of carbonyl (C=O) groups excluding carboxylic acids is 2. The van der Waals surface area contributed by atoms with Crippen molar-refractivity contribution in [1.29, 1.82) is 0 Å². The fraction of sp³-hybridized carbons (Fsp3) is 0.318. The number of primary amides is 1. The number of hydrazone groups is 1. The molecule has 6 nitrogen and oxygen atoms in total. The van der Waals surface area contributed by atoms with E-state index >= 15 is 0 Å². The van der Waals surface area contributed by atoms with E-state index in [9.17, 15) is 9.59 Å². The van der Waals surface area contributed by atoms with E-state index in [4.69, 9.17) is 5.73 Å². The number of nitrogens with two attached hydrogens (primary N) is 1. The molecule has 1 aliphatic carbocycles. The Morgan fingerprint density at radius 3 is 2.29 bits per heavy atom. The van der Waals surface area contributed by atoms with Gasteiger partial charge in [-0.1, -0.05) is 55.0 Å². The lowest BCUT2D eigenvalue weighted by Crippen LogP contribution is -2.47. The molecule has 2 aliphatic rings. The van der Waals surface area contributed by atoms with Gasteiger partial charge in [0.25, 0.3) is 5.91 Å². The number of carbonyl (C=O) groups is 2. The van der Waals surface area contributed by atoms with Crippen LogP contribution in [-0.2, 0) is 15.0 Å². The van der Waals surface area contributed by atoms with E-state index in [1.54, 1.807) is 5.01 Å². The molecule has 3 N–H and O–H groups in total. The highest BCUT2D eigenvalue weighted by molar-refractivity contribution is 6.40. The molecule has 0 unspecified atom stereocenters. The Morgan fingerprint density at radius 1 is 1.07 bits per heavy atom. The molecule has 1 saturated carbocycles. The van der Waals surface area contributed by atoms with Crippen LogP contribution in [0.3, 0.4) is 0 Å². The SMILES string of the molecule is NC(=O)[C@H]1CC(C(=O)NCC2(c3ccccc3)CCC2)=NN1c1ccccc1. The zero-order chi connectivity index (χ0) is 19.6. The average Bonchev–Trinajstić information content (AvgIpc) is 3.14. The second kappa shape index (κ2) is 7.46. The number of amides is 2. The molecule has 0 spiro atoms. The van der Waals surface area contributed by atoms with Gasteiger partial charge < -0.3 is 11.1 Å². The molecule has 144 valence electrons. The van der Waals surface area contributed by atoms with Crippen molar-refractivity contribution in [3.8, 4) is 0 Å². The van der Waals surface area contributed by atoms with Gasteiger partial charge in [-0.05, 0) is 30.5 Å². The molecular weight excluding hydrogens is 352 g/mol. The number of hydrogen-bond acceptors (Lipinski definition) is 4. The maximum atomic E-state index is 12.8. The van der Waals surface area contributed by atoms with E-state index < -0.39 is 11.9 Å². The molecule has 0 aromatic heterocycles. The van der Waals surface area contributed by atoms with E-state index in [-0.39, 0.29) is 17.7 Å². The van der Waals surface area contributed by atoms with Crippen LogP contribution in [0.4, 0.5) is 5.69 Å². The van der Waals surface area contributed by atoms with E-state index in [1.165, 1.54) is 5.56 Å². The van der Waals surface area contributed by atoms with Crippen LogP contribution in [0.1, 0.15) is 31.2 Å². The van der Waals surface area contributed by atoms with E-state index in [0.29, 0.717) is 12.3 Å². The van der Waals surface area contributed by atoms with Crippen molar-refractivity contribution in [2.75, 3.05) is 11.6 Å². The van der Waals surface area contributed by atoms with Gasteiger partial charge in [-0.3, -0.25) is 14.6 Å². The molecule has 2 aromatic carbocycles. The number of nitrogens with zero attached hydrogens (tertiary/aromatic N) is 2. The van der Waals surface area contributed by atoms with Crippen molar-refractivity contribution < 1.29 is 9.59 Å². The number of rotatable bonds is 6. The summed E-state index contributed by atoms with van der Waals surface area (Å²) in [6.45, 7) is 0.571. The summed E-state index contributed by atoms with van der Waals surface area (Å²) in [4.78, 5) is 24.7. The first-order chi connectivity index (χ1) is 13.6.